The van der Waals surface area contributed by atoms with Gasteiger partial charge in [-0.15, -0.1) is 0 Å². The third-order valence-corrected chi connectivity index (χ3v) is 5.76. The number of nitrogens with zero attached hydrogens (tertiary/aromatic N) is 3. The molecule has 124 valence electrons. The number of ether oxygens (including phenoxy) is 1. The van der Waals surface area contributed by atoms with Crippen molar-refractivity contribution >= 4 is 10.0 Å². The molecule has 7 heteroatoms. The van der Waals surface area contributed by atoms with Crippen LogP contribution in [-0.4, -0.2) is 36.9 Å². The molecule has 1 aliphatic rings. The minimum absolute atomic E-state index is 0.191. The summed E-state index contributed by atoms with van der Waals surface area (Å²) in [6.45, 7) is 2.57. The van der Waals surface area contributed by atoms with Crippen molar-refractivity contribution in [3.05, 3.63) is 53.7 Å². The normalized spacial score (nSPS) is 18.2. The summed E-state index contributed by atoms with van der Waals surface area (Å²) in [7, 11) is -3.57. The highest BCUT2D eigenvalue weighted by Crippen LogP contribution is 2.23. The van der Waals surface area contributed by atoms with Crippen LogP contribution in [0.3, 0.4) is 0 Å². The van der Waals surface area contributed by atoms with Crippen LogP contribution in [0.5, 0.6) is 5.88 Å². The zero-order chi connectivity index (χ0) is 17.2. The Bertz CT molecular complexity index is 873. The van der Waals surface area contributed by atoms with Crippen molar-refractivity contribution in [2.75, 3.05) is 13.1 Å². The molecule has 0 N–H and O–H groups in total. The monoisotopic (exact) mass is 343 g/mol. The highest BCUT2D eigenvalue weighted by atomic mass is 32.2. The standard InChI is InChI=1S/C17H17N3O3S/c1-13-3-2-4-17(19-13)23-15-9-10-20(12-15)24(21,22)16-7-5-14(11-18)6-8-16/h2-8,15H,9-10,12H2,1H3/t15-/m0/s1. The summed E-state index contributed by atoms with van der Waals surface area (Å²) in [6.07, 6.45) is 0.401. The summed E-state index contributed by atoms with van der Waals surface area (Å²) >= 11 is 0. The van der Waals surface area contributed by atoms with Crippen LogP contribution in [0.2, 0.25) is 0 Å². The Hall–Kier alpha value is -2.43. The molecule has 3 rings (SSSR count). The van der Waals surface area contributed by atoms with E-state index in [1.807, 2.05) is 25.1 Å². The summed E-state index contributed by atoms with van der Waals surface area (Å²) in [5.74, 6) is 0.512. The summed E-state index contributed by atoms with van der Waals surface area (Å²) in [5.41, 5.74) is 1.29. The van der Waals surface area contributed by atoms with E-state index in [1.54, 1.807) is 6.07 Å². The molecule has 0 bridgehead atoms. The maximum atomic E-state index is 12.7. The minimum atomic E-state index is -3.57. The topological polar surface area (TPSA) is 83.3 Å². The van der Waals surface area contributed by atoms with Crippen LogP contribution in [0.25, 0.3) is 0 Å². The van der Waals surface area contributed by atoms with Gasteiger partial charge in [0.15, 0.2) is 0 Å². The first kappa shape index (κ1) is 16.4. The number of hydrogen-bond donors (Lipinski definition) is 0. The van der Waals surface area contributed by atoms with Crippen LogP contribution >= 0.6 is 0 Å². The summed E-state index contributed by atoms with van der Waals surface area (Å²) in [5, 5.41) is 8.80. The third-order valence-electron chi connectivity index (χ3n) is 3.88. The molecule has 6 nitrogen and oxygen atoms in total. The first-order valence-electron chi connectivity index (χ1n) is 7.60. The molecule has 1 aromatic heterocycles. The molecule has 0 aliphatic carbocycles. The predicted molar refractivity (Wildman–Crippen MR) is 87.9 cm³/mol. The van der Waals surface area contributed by atoms with Gasteiger partial charge >= 0.3 is 0 Å². The number of benzene rings is 1. The lowest BCUT2D eigenvalue weighted by atomic mass is 10.2. The van der Waals surface area contributed by atoms with Gasteiger partial charge in [-0.05, 0) is 43.7 Å². The van der Waals surface area contributed by atoms with Crippen molar-refractivity contribution in [3.63, 3.8) is 0 Å². The fourth-order valence-corrected chi connectivity index (χ4v) is 4.10. The van der Waals surface area contributed by atoms with E-state index in [-0.39, 0.29) is 17.5 Å². The molecule has 1 aliphatic heterocycles. The van der Waals surface area contributed by atoms with Crippen molar-refractivity contribution in [1.82, 2.24) is 9.29 Å². The van der Waals surface area contributed by atoms with Crippen LogP contribution < -0.4 is 4.74 Å². The molecular formula is C17H17N3O3S. The SMILES string of the molecule is Cc1cccc(O[C@H]2CCN(S(=O)(=O)c3ccc(C#N)cc3)C2)n1. The number of hydrogen-bond acceptors (Lipinski definition) is 5. The Balaban J connectivity index is 1.71. The van der Waals surface area contributed by atoms with E-state index in [1.165, 1.54) is 28.6 Å². The Kier molecular flexibility index (Phi) is 4.51. The Morgan fingerprint density at radius 3 is 2.67 bits per heavy atom. The van der Waals surface area contributed by atoms with E-state index in [0.29, 0.717) is 24.4 Å². The van der Waals surface area contributed by atoms with Gasteiger partial charge in [0.2, 0.25) is 15.9 Å². The third kappa shape index (κ3) is 3.40. The second-order valence-electron chi connectivity index (χ2n) is 5.64. The molecule has 2 heterocycles. The van der Waals surface area contributed by atoms with Crippen molar-refractivity contribution in [3.8, 4) is 11.9 Å². The van der Waals surface area contributed by atoms with Gasteiger partial charge in [-0.1, -0.05) is 6.07 Å². The quantitative estimate of drug-likeness (QED) is 0.849. The molecule has 0 unspecified atom stereocenters. The molecular weight excluding hydrogens is 326 g/mol. The number of aromatic nitrogens is 1. The summed E-state index contributed by atoms with van der Waals surface area (Å²) < 4.78 is 32.5. The zero-order valence-corrected chi connectivity index (χ0v) is 14.0. The van der Waals surface area contributed by atoms with E-state index < -0.39 is 10.0 Å². The lowest BCUT2D eigenvalue weighted by Crippen LogP contribution is -2.31. The smallest absolute Gasteiger partial charge is 0.243 e. The minimum Gasteiger partial charge on any atom is -0.473 e. The van der Waals surface area contributed by atoms with Gasteiger partial charge in [0.1, 0.15) is 6.10 Å². The number of sulfonamides is 1. The van der Waals surface area contributed by atoms with Crippen molar-refractivity contribution in [2.45, 2.75) is 24.3 Å². The maximum Gasteiger partial charge on any atom is 0.243 e. The number of aryl methyl sites for hydroxylation is 1. The maximum absolute atomic E-state index is 12.7. The molecule has 0 spiro atoms. The van der Waals surface area contributed by atoms with Crippen molar-refractivity contribution in [1.29, 1.82) is 5.26 Å². The lowest BCUT2D eigenvalue weighted by Gasteiger charge is -2.17. The largest absolute Gasteiger partial charge is 0.473 e. The second-order valence-corrected chi connectivity index (χ2v) is 7.58. The predicted octanol–water partition coefficient (Wildman–Crippen LogP) is 2.10. The molecule has 2 aromatic rings. The van der Waals surface area contributed by atoms with Crippen molar-refractivity contribution < 1.29 is 13.2 Å². The molecule has 1 aromatic carbocycles. The van der Waals surface area contributed by atoms with Gasteiger partial charge < -0.3 is 4.74 Å². The molecule has 0 radical (unpaired) electrons. The van der Waals surface area contributed by atoms with Gasteiger partial charge in [0.05, 0.1) is 23.1 Å². The Morgan fingerprint density at radius 1 is 1.25 bits per heavy atom. The molecule has 0 saturated carbocycles. The first-order chi connectivity index (χ1) is 11.5. The van der Waals surface area contributed by atoms with Gasteiger partial charge in [-0.25, -0.2) is 13.4 Å². The lowest BCUT2D eigenvalue weighted by molar-refractivity contribution is 0.206. The number of rotatable bonds is 4. The average Bonchev–Trinajstić information content (AvgIpc) is 3.04. The molecule has 1 saturated heterocycles. The van der Waals surface area contributed by atoms with Gasteiger partial charge in [0, 0.05) is 18.3 Å². The number of nitriles is 1. The van der Waals surface area contributed by atoms with Crippen LogP contribution in [0.15, 0.2) is 47.4 Å². The summed E-state index contributed by atoms with van der Waals surface area (Å²) in [4.78, 5) is 4.47. The summed E-state index contributed by atoms with van der Waals surface area (Å²) in [6, 6.07) is 13.4. The van der Waals surface area contributed by atoms with Gasteiger partial charge in [-0.3, -0.25) is 0 Å². The molecule has 0 amide bonds. The Labute approximate surface area is 141 Å². The number of pyridine rings is 1. The Morgan fingerprint density at radius 2 is 2.00 bits per heavy atom. The average molecular weight is 343 g/mol. The van der Waals surface area contributed by atoms with Gasteiger partial charge in [-0.2, -0.15) is 9.57 Å². The fraction of sp³-hybridized carbons (Fsp3) is 0.294. The fourth-order valence-electron chi connectivity index (χ4n) is 2.62. The first-order valence-corrected chi connectivity index (χ1v) is 9.04. The van der Waals surface area contributed by atoms with E-state index in [9.17, 15) is 8.42 Å². The molecule has 24 heavy (non-hydrogen) atoms. The molecule has 1 fully saturated rings. The zero-order valence-electron chi connectivity index (χ0n) is 13.2. The van der Waals surface area contributed by atoms with E-state index in [2.05, 4.69) is 4.98 Å². The van der Waals surface area contributed by atoms with Crippen LogP contribution in [0, 0.1) is 18.3 Å². The van der Waals surface area contributed by atoms with Crippen molar-refractivity contribution in [2.24, 2.45) is 0 Å². The highest BCUT2D eigenvalue weighted by molar-refractivity contribution is 7.89. The van der Waals surface area contributed by atoms with Crippen LogP contribution in [0.1, 0.15) is 17.7 Å². The van der Waals surface area contributed by atoms with Crippen LogP contribution in [0.4, 0.5) is 0 Å². The van der Waals surface area contributed by atoms with E-state index >= 15 is 0 Å². The van der Waals surface area contributed by atoms with Gasteiger partial charge in [0.25, 0.3) is 0 Å². The highest BCUT2D eigenvalue weighted by Gasteiger charge is 2.33. The van der Waals surface area contributed by atoms with E-state index in [4.69, 9.17) is 10.00 Å². The van der Waals surface area contributed by atoms with E-state index in [0.717, 1.165) is 5.69 Å². The second kappa shape index (κ2) is 6.59. The van der Waals surface area contributed by atoms with Crippen LogP contribution in [-0.2, 0) is 10.0 Å². The molecule has 1 atom stereocenters.